The third-order valence-electron chi connectivity index (χ3n) is 3.39. The van der Waals surface area contributed by atoms with Crippen molar-refractivity contribution in [2.75, 3.05) is 0 Å². The summed E-state index contributed by atoms with van der Waals surface area (Å²) in [5.74, 6) is -1.03. The first kappa shape index (κ1) is 17.3. The first-order chi connectivity index (χ1) is 10.7. The number of hydrogen-bond donors (Lipinski definition) is 6. The minimum absolute atomic E-state index is 0.0643. The van der Waals surface area contributed by atoms with E-state index in [0.717, 1.165) is 17.7 Å². The van der Waals surface area contributed by atoms with E-state index in [1.54, 1.807) is 12.1 Å². The van der Waals surface area contributed by atoms with Crippen molar-refractivity contribution in [2.45, 2.75) is 18.9 Å². The minimum Gasteiger partial charge on any atom is -0.508 e. The molecule has 0 saturated heterocycles. The molecule has 8 heteroatoms. The van der Waals surface area contributed by atoms with Crippen molar-refractivity contribution in [1.82, 2.24) is 0 Å². The van der Waals surface area contributed by atoms with Crippen molar-refractivity contribution in [3.05, 3.63) is 47.5 Å². The Morgan fingerprint density at radius 2 is 1.70 bits per heavy atom. The van der Waals surface area contributed by atoms with Gasteiger partial charge in [0.25, 0.3) is 0 Å². The van der Waals surface area contributed by atoms with Crippen LogP contribution in [0.1, 0.15) is 23.7 Å². The first-order valence-corrected chi connectivity index (χ1v) is 8.37. The fourth-order valence-corrected chi connectivity index (χ4v) is 3.23. The lowest BCUT2D eigenvalue weighted by Crippen LogP contribution is -2.15. The van der Waals surface area contributed by atoms with E-state index in [9.17, 15) is 34.8 Å². The van der Waals surface area contributed by atoms with Crippen LogP contribution < -0.4 is 5.30 Å². The maximum absolute atomic E-state index is 11.5. The molecule has 0 aliphatic rings. The summed E-state index contributed by atoms with van der Waals surface area (Å²) in [5.41, 5.74) is 0.413. The van der Waals surface area contributed by atoms with Crippen LogP contribution in [-0.4, -0.2) is 30.2 Å². The Labute approximate surface area is 132 Å². The van der Waals surface area contributed by atoms with Gasteiger partial charge in [-0.2, -0.15) is 0 Å². The lowest BCUT2D eigenvalue weighted by molar-refractivity contribution is 0.164. The van der Waals surface area contributed by atoms with Gasteiger partial charge in [-0.1, -0.05) is 12.1 Å². The SMILES string of the molecule is O=P(O)(O)c1cc(O)cc(O)c1C(O)CCc1cccc(O)c1. The molecule has 0 aliphatic heterocycles. The molecule has 6 N–H and O–H groups in total. The molecule has 0 amide bonds. The van der Waals surface area contributed by atoms with Gasteiger partial charge in [-0.25, -0.2) is 0 Å². The Balaban J connectivity index is 2.28. The van der Waals surface area contributed by atoms with Gasteiger partial charge in [-0.3, -0.25) is 4.57 Å². The molecule has 0 saturated carbocycles. The largest absolute Gasteiger partial charge is 0.508 e. The third kappa shape index (κ3) is 4.24. The molecule has 7 nitrogen and oxygen atoms in total. The number of aromatic hydroxyl groups is 3. The van der Waals surface area contributed by atoms with Gasteiger partial charge in [-0.15, -0.1) is 0 Å². The van der Waals surface area contributed by atoms with Gasteiger partial charge in [-0.05, 0) is 36.6 Å². The highest BCUT2D eigenvalue weighted by molar-refractivity contribution is 7.60. The molecule has 2 aromatic rings. The van der Waals surface area contributed by atoms with Gasteiger partial charge in [0.2, 0.25) is 0 Å². The maximum atomic E-state index is 11.5. The average molecular weight is 340 g/mol. The van der Waals surface area contributed by atoms with E-state index in [2.05, 4.69) is 0 Å². The maximum Gasteiger partial charge on any atom is 0.356 e. The van der Waals surface area contributed by atoms with Crippen molar-refractivity contribution in [1.29, 1.82) is 0 Å². The lowest BCUT2D eigenvalue weighted by Gasteiger charge is -2.18. The molecule has 0 fully saturated rings. The summed E-state index contributed by atoms with van der Waals surface area (Å²) in [6.45, 7) is 0. The summed E-state index contributed by atoms with van der Waals surface area (Å²) < 4.78 is 11.5. The molecule has 1 atom stereocenters. The van der Waals surface area contributed by atoms with Crippen molar-refractivity contribution < 1.29 is 34.8 Å². The van der Waals surface area contributed by atoms with Crippen molar-refractivity contribution in [2.24, 2.45) is 0 Å². The Kier molecular flexibility index (Phi) is 4.97. The van der Waals surface area contributed by atoms with Crippen molar-refractivity contribution in [3.8, 4) is 17.2 Å². The van der Waals surface area contributed by atoms with Crippen LogP contribution in [0.15, 0.2) is 36.4 Å². The molecule has 2 rings (SSSR count). The topological polar surface area (TPSA) is 138 Å². The minimum atomic E-state index is -4.79. The predicted octanol–water partition coefficient (Wildman–Crippen LogP) is 1.27. The van der Waals surface area contributed by atoms with Crippen molar-refractivity contribution in [3.63, 3.8) is 0 Å². The summed E-state index contributed by atoms with van der Waals surface area (Å²) in [4.78, 5) is 18.7. The molecule has 0 heterocycles. The van der Waals surface area contributed by atoms with Gasteiger partial charge >= 0.3 is 7.60 Å². The van der Waals surface area contributed by atoms with Crippen LogP contribution in [0.4, 0.5) is 0 Å². The fraction of sp³-hybridized carbons (Fsp3) is 0.200. The van der Waals surface area contributed by atoms with E-state index in [4.69, 9.17) is 0 Å². The summed E-state index contributed by atoms with van der Waals surface area (Å²) in [5, 5.41) is 38.2. The summed E-state index contributed by atoms with van der Waals surface area (Å²) in [6.07, 6.45) is -0.966. The van der Waals surface area contributed by atoms with Gasteiger partial charge in [0.1, 0.15) is 17.2 Å². The standard InChI is InChI=1S/C15H17O7P/c16-10-3-1-2-9(6-10)4-5-12(18)15-13(19)7-11(17)8-14(15)23(20,21)22/h1-3,6-8,12,16-19H,4-5H2,(H2,20,21,22). The van der Waals surface area contributed by atoms with E-state index in [1.807, 2.05) is 0 Å². The molecule has 0 aromatic heterocycles. The summed E-state index contributed by atoms with van der Waals surface area (Å²) >= 11 is 0. The Hall–Kier alpha value is -2.05. The Morgan fingerprint density at radius 3 is 2.30 bits per heavy atom. The number of hydrogen-bond acceptors (Lipinski definition) is 5. The predicted molar refractivity (Wildman–Crippen MR) is 82.8 cm³/mol. The van der Waals surface area contributed by atoms with Crippen LogP contribution in [-0.2, 0) is 11.0 Å². The third-order valence-corrected chi connectivity index (χ3v) is 4.38. The average Bonchev–Trinajstić information content (AvgIpc) is 2.43. The normalized spacial score (nSPS) is 13.0. The lowest BCUT2D eigenvalue weighted by atomic mass is 10.00. The quantitative estimate of drug-likeness (QED) is 0.451. The number of benzene rings is 2. The second-order valence-electron chi connectivity index (χ2n) is 5.17. The van der Waals surface area contributed by atoms with E-state index in [1.165, 1.54) is 12.1 Å². The van der Waals surface area contributed by atoms with Gasteiger partial charge in [0, 0.05) is 11.6 Å². The molecule has 0 aliphatic carbocycles. The van der Waals surface area contributed by atoms with E-state index >= 15 is 0 Å². The zero-order chi connectivity index (χ0) is 17.2. The molecule has 0 spiro atoms. The van der Waals surface area contributed by atoms with E-state index in [0.29, 0.717) is 6.42 Å². The number of aliphatic hydroxyl groups excluding tert-OH is 1. The monoisotopic (exact) mass is 340 g/mol. The van der Waals surface area contributed by atoms with Gasteiger partial charge < -0.3 is 30.2 Å². The highest BCUT2D eigenvalue weighted by Crippen LogP contribution is 2.41. The van der Waals surface area contributed by atoms with E-state index < -0.39 is 30.5 Å². The van der Waals surface area contributed by atoms with Gasteiger partial charge in [0.05, 0.1) is 11.4 Å². The summed E-state index contributed by atoms with van der Waals surface area (Å²) in [7, 11) is -4.79. The number of rotatable bonds is 5. The molecule has 1 unspecified atom stereocenters. The second kappa shape index (κ2) is 6.60. The highest BCUT2D eigenvalue weighted by Gasteiger charge is 2.28. The molecule has 124 valence electrons. The molecular weight excluding hydrogens is 323 g/mol. The molecular formula is C15H17O7P. The molecule has 23 heavy (non-hydrogen) atoms. The number of aryl methyl sites for hydroxylation is 1. The smallest absolute Gasteiger partial charge is 0.356 e. The first-order valence-electron chi connectivity index (χ1n) is 6.76. The Bertz CT molecular complexity index is 753. The second-order valence-corrected chi connectivity index (χ2v) is 6.74. The molecule has 0 radical (unpaired) electrons. The zero-order valence-corrected chi connectivity index (χ0v) is 12.9. The highest BCUT2D eigenvalue weighted by atomic mass is 31.2. The van der Waals surface area contributed by atoms with E-state index in [-0.39, 0.29) is 17.7 Å². The Morgan fingerprint density at radius 1 is 1.00 bits per heavy atom. The number of phenolic OH excluding ortho intramolecular Hbond substituents is 3. The zero-order valence-electron chi connectivity index (χ0n) is 12.0. The summed E-state index contributed by atoms with van der Waals surface area (Å²) in [6, 6.07) is 8.10. The van der Waals surface area contributed by atoms with Crippen molar-refractivity contribution >= 4 is 12.9 Å². The van der Waals surface area contributed by atoms with Crippen LogP contribution in [0.2, 0.25) is 0 Å². The number of phenols is 3. The van der Waals surface area contributed by atoms with Crippen LogP contribution in [0.3, 0.4) is 0 Å². The fourth-order valence-electron chi connectivity index (χ4n) is 2.35. The number of aliphatic hydroxyl groups is 1. The van der Waals surface area contributed by atoms with Crippen LogP contribution >= 0.6 is 7.60 Å². The molecule has 2 aromatic carbocycles. The van der Waals surface area contributed by atoms with Crippen LogP contribution in [0.25, 0.3) is 0 Å². The van der Waals surface area contributed by atoms with Crippen LogP contribution in [0, 0.1) is 0 Å². The van der Waals surface area contributed by atoms with Gasteiger partial charge in [0.15, 0.2) is 0 Å². The molecule has 0 bridgehead atoms. The van der Waals surface area contributed by atoms with Crippen LogP contribution in [0.5, 0.6) is 17.2 Å².